The summed E-state index contributed by atoms with van der Waals surface area (Å²) in [5.74, 6) is 0.0479. The lowest BCUT2D eigenvalue weighted by molar-refractivity contribution is 0.295. The summed E-state index contributed by atoms with van der Waals surface area (Å²) in [6, 6.07) is 12.5. The molecule has 0 N–H and O–H groups in total. The van der Waals surface area contributed by atoms with Crippen LogP contribution in [0.2, 0.25) is 0 Å². The maximum atomic E-state index is 9.20. The summed E-state index contributed by atoms with van der Waals surface area (Å²) >= 11 is 0. The van der Waals surface area contributed by atoms with Crippen molar-refractivity contribution in [2.45, 2.75) is 32.6 Å². The van der Waals surface area contributed by atoms with E-state index in [-0.39, 0.29) is 5.92 Å². The minimum atomic E-state index is 0.0479. The third-order valence-electron chi connectivity index (χ3n) is 3.22. The maximum absolute atomic E-state index is 9.20. The zero-order valence-corrected chi connectivity index (χ0v) is 10.9. The monoisotopic (exact) mass is 230 g/mol. The van der Waals surface area contributed by atoms with E-state index in [1.165, 1.54) is 0 Å². The molecule has 1 aromatic rings. The molecule has 0 saturated heterocycles. The summed E-state index contributed by atoms with van der Waals surface area (Å²) in [4.78, 5) is 2.40. The molecule has 0 aliphatic carbocycles. The molecule has 0 fully saturated rings. The lowest BCUT2D eigenvalue weighted by atomic mass is 9.96. The molecular formula is C15H22N2. The Morgan fingerprint density at radius 2 is 1.82 bits per heavy atom. The highest BCUT2D eigenvalue weighted by atomic mass is 15.1. The van der Waals surface area contributed by atoms with Crippen LogP contribution >= 0.6 is 0 Å². The lowest BCUT2D eigenvalue weighted by Crippen LogP contribution is -2.24. The van der Waals surface area contributed by atoms with Gasteiger partial charge in [0.15, 0.2) is 0 Å². The van der Waals surface area contributed by atoms with Gasteiger partial charge in [0.05, 0.1) is 12.0 Å². The van der Waals surface area contributed by atoms with Crippen LogP contribution in [0.1, 0.15) is 38.2 Å². The Morgan fingerprint density at radius 1 is 1.18 bits per heavy atom. The Hall–Kier alpha value is -1.33. The first-order valence-corrected chi connectivity index (χ1v) is 6.48. The predicted molar refractivity (Wildman–Crippen MR) is 71.8 cm³/mol. The molecule has 0 bridgehead atoms. The van der Waals surface area contributed by atoms with E-state index in [2.05, 4.69) is 24.8 Å². The molecule has 2 nitrogen and oxygen atoms in total. The summed E-state index contributed by atoms with van der Waals surface area (Å²) in [6.45, 7) is 7.65. The topological polar surface area (TPSA) is 27.0 Å². The summed E-state index contributed by atoms with van der Waals surface area (Å²) in [5.41, 5.74) is 1.15. The molecule has 92 valence electrons. The second-order valence-corrected chi connectivity index (χ2v) is 4.26. The van der Waals surface area contributed by atoms with Crippen molar-refractivity contribution < 1.29 is 0 Å². The van der Waals surface area contributed by atoms with Crippen molar-refractivity contribution in [2.75, 3.05) is 19.6 Å². The number of benzene rings is 1. The number of hydrogen-bond donors (Lipinski definition) is 0. The summed E-state index contributed by atoms with van der Waals surface area (Å²) in [7, 11) is 0. The van der Waals surface area contributed by atoms with E-state index in [9.17, 15) is 5.26 Å². The van der Waals surface area contributed by atoms with Crippen LogP contribution in [-0.2, 0) is 0 Å². The summed E-state index contributed by atoms with van der Waals surface area (Å²) < 4.78 is 0. The van der Waals surface area contributed by atoms with Crippen LogP contribution in [0.3, 0.4) is 0 Å². The molecule has 17 heavy (non-hydrogen) atoms. The van der Waals surface area contributed by atoms with E-state index in [1.54, 1.807) is 0 Å². The Kier molecular flexibility index (Phi) is 6.35. The second kappa shape index (κ2) is 7.86. The van der Waals surface area contributed by atoms with Gasteiger partial charge in [-0.05, 0) is 38.0 Å². The van der Waals surface area contributed by atoms with Gasteiger partial charge in [-0.25, -0.2) is 0 Å². The molecule has 0 amide bonds. The normalized spacial score (nSPS) is 12.4. The number of nitriles is 1. The van der Waals surface area contributed by atoms with Crippen molar-refractivity contribution in [1.82, 2.24) is 4.90 Å². The molecule has 0 aliphatic rings. The number of rotatable bonds is 7. The van der Waals surface area contributed by atoms with Crippen molar-refractivity contribution in [3.05, 3.63) is 35.9 Å². The minimum absolute atomic E-state index is 0.0479. The van der Waals surface area contributed by atoms with Gasteiger partial charge in [-0.1, -0.05) is 44.2 Å². The average molecular weight is 230 g/mol. The van der Waals surface area contributed by atoms with Crippen LogP contribution in [0.15, 0.2) is 30.3 Å². The average Bonchev–Trinajstić information content (AvgIpc) is 2.40. The highest BCUT2D eigenvalue weighted by molar-refractivity contribution is 5.24. The maximum Gasteiger partial charge on any atom is 0.0713 e. The van der Waals surface area contributed by atoms with Gasteiger partial charge in [-0.3, -0.25) is 0 Å². The van der Waals surface area contributed by atoms with Gasteiger partial charge in [0.1, 0.15) is 0 Å². The van der Waals surface area contributed by atoms with Gasteiger partial charge in [0.2, 0.25) is 0 Å². The smallest absolute Gasteiger partial charge is 0.0713 e. The van der Waals surface area contributed by atoms with Gasteiger partial charge < -0.3 is 4.90 Å². The molecule has 1 rings (SSSR count). The highest BCUT2D eigenvalue weighted by Gasteiger charge is 2.10. The molecule has 0 aromatic heterocycles. The molecule has 0 saturated carbocycles. The first-order valence-electron chi connectivity index (χ1n) is 6.48. The van der Waals surface area contributed by atoms with E-state index in [1.807, 2.05) is 30.3 Å². The zero-order valence-electron chi connectivity index (χ0n) is 10.9. The van der Waals surface area contributed by atoms with Crippen molar-refractivity contribution in [3.63, 3.8) is 0 Å². The van der Waals surface area contributed by atoms with E-state index in [0.29, 0.717) is 0 Å². The molecule has 0 radical (unpaired) electrons. The largest absolute Gasteiger partial charge is 0.304 e. The summed E-state index contributed by atoms with van der Waals surface area (Å²) in [6.07, 6.45) is 2.05. The first-order chi connectivity index (χ1) is 8.31. The SMILES string of the molecule is CCN(CC)CCC[C@H](C#N)c1ccccc1. The number of hydrogen-bond acceptors (Lipinski definition) is 2. The van der Waals surface area contributed by atoms with Crippen molar-refractivity contribution >= 4 is 0 Å². The van der Waals surface area contributed by atoms with Crippen LogP contribution in [0, 0.1) is 11.3 Å². The zero-order chi connectivity index (χ0) is 12.5. The Labute approximate surface area is 105 Å². The Bertz CT molecular complexity index is 336. The third kappa shape index (κ3) is 4.58. The Balaban J connectivity index is 2.42. The second-order valence-electron chi connectivity index (χ2n) is 4.26. The molecule has 0 spiro atoms. The molecule has 1 aromatic carbocycles. The molecular weight excluding hydrogens is 208 g/mol. The Morgan fingerprint density at radius 3 is 2.35 bits per heavy atom. The van der Waals surface area contributed by atoms with E-state index < -0.39 is 0 Å². The molecule has 0 heterocycles. The van der Waals surface area contributed by atoms with E-state index >= 15 is 0 Å². The third-order valence-corrected chi connectivity index (χ3v) is 3.22. The van der Waals surface area contributed by atoms with Crippen LogP contribution in [-0.4, -0.2) is 24.5 Å². The van der Waals surface area contributed by atoms with Gasteiger partial charge in [-0.2, -0.15) is 5.26 Å². The molecule has 2 heteroatoms. The fourth-order valence-corrected chi connectivity index (χ4v) is 2.05. The standard InChI is InChI=1S/C15H22N2/c1-3-17(4-2)12-8-11-15(13-16)14-9-6-5-7-10-14/h5-7,9-10,15H,3-4,8,11-12H2,1-2H3/t15-/m1/s1. The minimum Gasteiger partial charge on any atom is -0.304 e. The molecule has 0 aliphatic heterocycles. The fourth-order valence-electron chi connectivity index (χ4n) is 2.05. The van der Waals surface area contributed by atoms with E-state index in [4.69, 9.17) is 0 Å². The fraction of sp³-hybridized carbons (Fsp3) is 0.533. The van der Waals surface area contributed by atoms with Crippen molar-refractivity contribution in [1.29, 1.82) is 5.26 Å². The quantitative estimate of drug-likeness (QED) is 0.717. The van der Waals surface area contributed by atoms with E-state index in [0.717, 1.165) is 38.0 Å². The predicted octanol–water partition coefficient (Wildman–Crippen LogP) is 3.42. The van der Waals surface area contributed by atoms with Gasteiger partial charge in [-0.15, -0.1) is 0 Å². The van der Waals surface area contributed by atoms with Crippen molar-refractivity contribution in [2.24, 2.45) is 0 Å². The van der Waals surface area contributed by atoms with Crippen LogP contribution < -0.4 is 0 Å². The van der Waals surface area contributed by atoms with Gasteiger partial charge >= 0.3 is 0 Å². The highest BCUT2D eigenvalue weighted by Crippen LogP contribution is 2.20. The molecule has 1 atom stereocenters. The van der Waals surface area contributed by atoms with Crippen LogP contribution in [0.4, 0.5) is 0 Å². The van der Waals surface area contributed by atoms with Crippen LogP contribution in [0.5, 0.6) is 0 Å². The lowest BCUT2D eigenvalue weighted by Gasteiger charge is -2.18. The summed E-state index contributed by atoms with van der Waals surface area (Å²) in [5, 5.41) is 9.20. The van der Waals surface area contributed by atoms with Gasteiger partial charge in [0, 0.05) is 0 Å². The van der Waals surface area contributed by atoms with Crippen molar-refractivity contribution in [3.8, 4) is 6.07 Å². The van der Waals surface area contributed by atoms with Gasteiger partial charge in [0.25, 0.3) is 0 Å². The molecule has 0 unspecified atom stereocenters. The number of nitrogens with zero attached hydrogens (tertiary/aromatic N) is 2. The first kappa shape index (κ1) is 13.7. The van der Waals surface area contributed by atoms with Crippen LogP contribution in [0.25, 0.3) is 0 Å².